The number of hydrogen-bond acceptors (Lipinski definition) is 5. The van der Waals surface area contributed by atoms with Crippen LogP contribution in [0.15, 0.2) is 47.4 Å². The summed E-state index contributed by atoms with van der Waals surface area (Å²) in [6.07, 6.45) is 4.20. The van der Waals surface area contributed by atoms with Crippen LogP contribution in [-0.2, 0) is 10.0 Å². The van der Waals surface area contributed by atoms with Crippen LogP contribution < -0.4 is 10.0 Å². The lowest BCUT2D eigenvalue weighted by molar-refractivity contribution is -0.384. The summed E-state index contributed by atoms with van der Waals surface area (Å²) in [6.45, 7) is 3.08. The van der Waals surface area contributed by atoms with Crippen LogP contribution in [0.1, 0.15) is 31.2 Å². The minimum absolute atomic E-state index is 0.0128. The lowest BCUT2D eigenvalue weighted by Crippen LogP contribution is -2.35. The molecule has 0 aliphatic carbocycles. The monoisotopic (exact) mass is 432 g/mol. The van der Waals surface area contributed by atoms with Gasteiger partial charge in [0.15, 0.2) is 0 Å². The van der Waals surface area contributed by atoms with Gasteiger partial charge >= 0.3 is 6.03 Å². The number of nitro benzene ring substituents is 1. The molecule has 0 radical (unpaired) electrons. The fourth-order valence-electron chi connectivity index (χ4n) is 3.23. The third-order valence-electron chi connectivity index (χ3n) is 4.99. The molecule has 0 bridgehead atoms. The number of rotatable bonds is 5. The number of non-ortho nitro benzene ring substituents is 1. The molecule has 1 aliphatic heterocycles. The van der Waals surface area contributed by atoms with Gasteiger partial charge in [-0.3, -0.25) is 14.8 Å². The first-order valence-corrected chi connectivity index (χ1v) is 11.2. The van der Waals surface area contributed by atoms with Crippen molar-refractivity contribution in [2.75, 3.05) is 23.1 Å². The van der Waals surface area contributed by atoms with E-state index in [-0.39, 0.29) is 22.3 Å². The fourth-order valence-corrected chi connectivity index (χ4v) is 4.35. The molecule has 0 atom stereocenters. The highest BCUT2D eigenvalue weighted by Gasteiger charge is 2.19. The lowest BCUT2D eigenvalue weighted by Gasteiger charge is -2.20. The minimum Gasteiger partial charge on any atom is -0.325 e. The highest BCUT2D eigenvalue weighted by atomic mass is 32.2. The Kier molecular flexibility index (Phi) is 6.56. The van der Waals surface area contributed by atoms with Crippen LogP contribution in [0.2, 0.25) is 0 Å². The van der Waals surface area contributed by atoms with Crippen LogP contribution in [0.25, 0.3) is 0 Å². The first kappa shape index (κ1) is 21.6. The van der Waals surface area contributed by atoms with Crippen LogP contribution in [0, 0.1) is 17.0 Å². The third kappa shape index (κ3) is 5.26. The van der Waals surface area contributed by atoms with Crippen molar-refractivity contribution in [2.45, 2.75) is 37.5 Å². The normalized spacial score (nSPS) is 14.6. The van der Waals surface area contributed by atoms with Crippen molar-refractivity contribution >= 4 is 33.1 Å². The van der Waals surface area contributed by atoms with E-state index in [0.717, 1.165) is 25.7 Å². The zero-order chi connectivity index (χ0) is 21.7. The van der Waals surface area contributed by atoms with Crippen LogP contribution in [0.3, 0.4) is 0 Å². The summed E-state index contributed by atoms with van der Waals surface area (Å²) >= 11 is 0. The number of sulfonamides is 1. The minimum atomic E-state index is -3.94. The first-order chi connectivity index (χ1) is 14.3. The molecule has 160 valence electrons. The number of carbonyl (C=O) groups is 1. The van der Waals surface area contributed by atoms with E-state index in [1.807, 2.05) is 0 Å². The molecule has 2 amide bonds. The Balaban J connectivity index is 1.71. The predicted octanol–water partition coefficient (Wildman–Crippen LogP) is 4.11. The Labute approximate surface area is 175 Å². The number of hydrogen-bond donors (Lipinski definition) is 2. The van der Waals surface area contributed by atoms with E-state index in [2.05, 4.69) is 10.0 Å². The fraction of sp³-hybridized carbons (Fsp3) is 0.350. The maximum absolute atomic E-state index is 12.7. The summed E-state index contributed by atoms with van der Waals surface area (Å²) in [5.74, 6) is 0. The van der Waals surface area contributed by atoms with E-state index in [1.54, 1.807) is 11.8 Å². The largest absolute Gasteiger partial charge is 0.325 e. The van der Waals surface area contributed by atoms with Crippen molar-refractivity contribution < 1.29 is 18.1 Å². The Morgan fingerprint density at radius 3 is 2.27 bits per heavy atom. The van der Waals surface area contributed by atoms with Gasteiger partial charge in [0.25, 0.3) is 15.7 Å². The number of amides is 2. The maximum Gasteiger partial charge on any atom is 0.321 e. The second-order valence-electron chi connectivity index (χ2n) is 7.22. The molecule has 2 aromatic carbocycles. The van der Waals surface area contributed by atoms with Crippen LogP contribution in [0.5, 0.6) is 0 Å². The van der Waals surface area contributed by atoms with Gasteiger partial charge in [-0.1, -0.05) is 18.9 Å². The number of anilines is 2. The van der Waals surface area contributed by atoms with E-state index in [4.69, 9.17) is 0 Å². The molecule has 10 heteroatoms. The van der Waals surface area contributed by atoms with Crippen molar-refractivity contribution in [3.05, 3.63) is 58.1 Å². The molecule has 0 aromatic heterocycles. The quantitative estimate of drug-likeness (QED) is 0.544. The molecule has 2 aromatic rings. The molecule has 9 nitrogen and oxygen atoms in total. The summed E-state index contributed by atoms with van der Waals surface area (Å²) in [5.41, 5.74) is 0.993. The molecule has 30 heavy (non-hydrogen) atoms. The zero-order valence-electron chi connectivity index (χ0n) is 16.6. The lowest BCUT2D eigenvalue weighted by atomic mass is 10.2. The van der Waals surface area contributed by atoms with Gasteiger partial charge in [-0.25, -0.2) is 13.2 Å². The summed E-state index contributed by atoms with van der Waals surface area (Å²) in [4.78, 5) is 24.5. The number of urea groups is 1. The molecule has 0 unspecified atom stereocenters. The molecule has 2 N–H and O–H groups in total. The van der Waals surface area contributed by atoms with Crippen LogP contribution in [0.4, 0.5) is 21.9 Å². The number of benzene rings is 2. The molecule has 0 spiro atoms. The van der Waals surface area contributed by atoms with Gasteiger partial charge in [0.1, 0.15) is 0 Å². The predicted molar refractivity (Wildman–Crippen MR) is 114 cm³/mol. The number of aryl methyl sites for hydroxylation is 1. The Morgan fingerprint density at radius 1 is 1.03 bits per heavy atom. The number of likely N-dealkylation sites (tertiary alicyclic amines) is 1. The van der Waals surface area contributed by atoms with E-state index in [0.29, 0.717) is 24.3 Å². The van der Waals surface area contributed by atoms with Gasteiger partial charge in [-0.2, -0.15) is 0 Å². The van der Waals surface area contributed by atoms with E-state index in [1.165, 1.54) is 42.5 Å². The first-order valence-electron chi connectivity index (χ1n) is 9.70. The summed E-state index contributed by atoms with van der Waals surface area (Å²) in [6, 6.07) is 9.59. The summed E-state index contributed by atoms with van der Waals surface area (Å²) in [5, 5.41) is 13.7. The Bertz CT molecular complexity index is 1030. The van der Waals surface area contributed by atoms with Crippen LogP contribution in [-0.4, -0.2) is 37.4 Å². The van der Waals surface area contributed by atoms with Gasteiger partial charge in [0.2, 0.25) is 0 Å². The molecule has 1 fully saturated rings. The average Bonchev–Trinajstić information content (AvgIpc) is 2.99. The molecule has 1 heterocycles. The van der Waals surface area contributed by atoms with E-state index in [9.17, 15) is 23.3 Å². The number of nitrogens with zero attached hydrogens (tertiary/aromatic N) is 2. The molecular weight excluding hydrogens is 408 g/mol. The zero-order valence-corrected chi connectivity index (χ0v) is 17.4. The number of nitrogens with one attached hydrogen (secondary N) is 2. The molecule has 0 saturated carbocycles. The second-order valence-corrected chi connectivity index (χ2v) is 8.90. The molecular formula is C20H24N4O5S. The highest BCUT2D eigenvalue weighted by molar-refractivity contribution is 7.92. The number of carbonyl (C=O) groups excluding carboxylic acids is 1. The highest BCUT2D eigenvalue weighted by Crippen LogP contribution is 2.25. The number of nitro groups is 1. The van der Waals surface area contributed by atoms with Gasteiger partial charge in [0.05, 0.1) is 15.5 Å². The van der Waals surface area contributed by atoms with Crippen LogP contribution >= 0.6 is 0 Å². The topological polar surface area (TPSA) is 122 Å². The molecule has 1 aliphatic rings. The Hall–Kier alpha value is -3.14. The van der Waals surface area contributed by atoms with E-state index >= 15 is 0 Å². The van der Waals surface area contributed by atoms with E-state index < -0.39 is 14.9 Å². The van der Waals surface area contributed by atoms with Crippen molar-refractivity contribution in [2.24, 2.45) is 0 Å². The van der Waals surface area contributed by atoms with Crippen molar-refractivity contribution in [3.8, 4) is 0 Å². The Morgan fingerprint density at radius 2 is 1.67 bits per heavy atom. The standard InChI is InChI=1S/C20H24N4O5S/c1-15-6-9-17(24(26)27)14-19(15)22-30(28,29)18-10-7-16(8-11-18)21-20(25)23-12-4-2-3-5-13-23/h6-11,14,22H,2-5,12-13H2,1H3,(H,21,25). The third-order valence-corrected chi connectivity index (χ3v) is 6.37. The SMILES string of the molecule is Cc1ccc([N+](=O)[O-])cc1NS(=O)(=O)c1ccc(NC(=O)N2CCCCCC2)cc1. The summed E-state index contributed by atoms with van der Waals surface area (Å²) < 4.78 is 27.7. The molecule has 1 saturated heterocycles. The van der Waals surface area contributed by atoms with Crippen molar-refractivity contribution in [3.63, 3.8) is 0 Å². The molecule has 3 rings (SSSR count). The average molecular weight is 433 g/mol. The van der Waals surface area contributed by atoms with Gasteiger partial charge < -0.3 is 10.2 Å². The van der Waals surface area contributed by atoms with Gasteiger partial charge in [-0.15, -0.1) is 0 Å². The summed E-state index contributed by atoms with van der Waals surface area (Å²) in [7, 11) is -3.94. The van der Waals surface area contributed by atoms with Gasteiger partial charge in [0, 0.05) is 30.9 Å². The van der Waals surface area contributed by atoms with Gasteiger partial charge in [-0.05, 0) is 49.6 Å². The second kappa shape index (κ2) is 9.12. The smallest absolute Gasteiger partial charge is 0.321 e. The maximum atomic E-state index is 12.7. The van der Waals surface area contributed by atoms with Crippen molar-refractivity contribution in [1.82, 2.24) is 4.90 Å². The van der Waals surface area contributed by atoms with Crippen molar-refractivity contribution in [1.29, 1.82) is 0 Å².